The van der Waals surface area contributed by atoms with Crippen LogP contribution in [0.3, 0.4) is 0 Å². The Morgan fingerprint density at radius 3 is 2.88 bits per heavy atom. The van der Waals surface area contributed by atoms with Gasteiger partial charge in [-0.25, -0.2) is 0 Å². The van der Waals surface area contributed by atoms with Crippen LogP contribution < -0.4 is 0 Å². The largest absolute Gasteiger partial charge is 0.286 e. The first-order valence-electron chi connectivity index (χ1n) is 4.92. The first-order chi connectivity index (χ1) is 7.61. The third kappa shape index (κ3) is 1.97. The minimum absolute atomic E-state index is 0.0214. The van der Waals surface area contributed by atoms with Crippen LogP contribution in [0.15, 0.2) is 28.2 Å². The van der Waals surface area contributed by atoms with Crippen LogP contribution in [0.25, 0.3) is 0 Å². The molecule has 3 nitrogen and oxygen atoms in total. The van der Waals surface area contributed by atoms with Gasteiger partial charge in [0.2, 0.25) is 5.78 Å². The zero-order chi connectivity index (χ0) is 11.7. The van der Waals surface area contributed by atoms with Crippen LogP contribution in [0.2, 0.25) is 0 Å². The summed E-state index contributed by atoms with van der Waals surface area (Å²) in [6.07, 6.45) is 1.67. The normalized spacial score (nSPS) is 11.0. The molecule has 0 bridgehead atoms. The van der Waals surface area contributed by atoms with Gasteiger partial charge in [-0.3, -0.25) is 9.48 Å². The quantitative estimate of drug-likeness (QED) is 0.813. The summed E-state index contributed by atoms with van der Waals surface area (Å²) >= 11 is 4.82. The maximum absolute atomic E-state index is 12.2. The van der Waals surface area contributed by atoms with E-state index in [9.17, 15) is 4.79 Å². The Kier molecular flexibility index (Phi) is 3.25. The molecule has 0 saturated heterocycles. The fourth-order valence-electron chi connectivity index (χ4n) is 1.47. The van der Waals surface area contributed by atoms with E-state index >= 15 is 0 Å². The standard InChI is InChI=1S/C11H11BrN2OS/c1-7(2)14-10(8(12)6-13-14)11(15)9-4-3-5-16-9/h3-7H,1-2H3. The number of hydrogen-bond acceptors (Lipinski definition) is 3. The second-order valence-electron chi connectivity index (χ2n) is 3.69. The summed E-state index contributed by atoms with van der Waals surface area (Å²) in [6, 6.07) is 3.88. The Bertz CT molecular complexity index is 502. The highest BCUT2D eigenvalue weighted by Crippen LogP contribution is 2.24. The Morgan fingerprint density at radius 1 is 1.56 bits per heavy atom. The number of nitrogens with zero attached hydrogens (tertiary/aromatic N) is 2. The van der Waals surface area contributed by atoms with Crippen LogP contribution >= 0.6 is 27.3 Å². The number of thiophene rings is 1. The molecule has 2 aromatic heterocycles. The number of carbonyl (C=O) groups is 1. The molecule has 5 heteroatoms. The van der Waals surface area contributed by atoms with Crippen molar-refractivity contribution in [3.05, 3.63) is 38.8 Å². The summed E-state index contributed by atoms with van der Waals surface area (Å²) in [7, 11) is 0. The lowest BCUT2D eigenvalue weighted by Gasteiger charge is -2.09. The minimum atomic E-state index is 0.0214. The number of ketones is 1. The molecule has 0 N–H and O–H groups in total. The van der Waals surface area contributed by atoms with E-state index < -0.39 is 0 Å². The van der Waals surface area contributed by atoms with Gasteiger partial charge in [0.1, 0.15) is 5.69 Å². The Morgan fingerprint density at radius 2 is 2.31 bits per heavy atom. The van der Waals surface area contributed by atoms with Crippen molar-refractivity contribution in [2.45, 2.75) is 19.9 Å². The maximum Gasteiger partial charge on any atom is 0.222 e. The third-order valence-corrected chi connectivity index (χ3v) is 3.65. The molecule has 2 heterocycles. The lowest BCUT2D eigenvalue weighted by molar-refractivity contribution is 0.103. The second-order valence-corrected chi connectivity index (χ2v) is 5.49. The summed E-state index contributed by atoms with van der Waals surface area (Å²) in [5, 5.41) is 6.10. The number of aromatic nitrogens is 2. The molecule has 0 amide bonds. The van der Waals surface area contributed by atoms with Crippen molar-refractivity contribution in [3.8, 4) is 0 Å². The molecule has 0 aliphatic carbocycles. The molecule has 0 aromatic carbocycles. The Labute approximate surface area is 106 Å². The van der Waals surface area contributed by atoms with E-state index in [1.807, 2.05) is 31.4 Å². The van der Waals surface area contributed by atoms with Gasteiger partial charge in [0.25, 0.3) is 0 Å². The van der Waals surface area contributed by atoms with Crippen molar-refractivity contribution in [1.82, 2.24) is 9.78 Å². The summed E-state index contributed by atoms with van der Waals surface area (Å²) in [6.45, 7) is 4.01. The van der Waals surface area contributed by atoms with Crippen molar-refractivity contribution in [2.24, 2.45) is 0 Å². The van der Waals surface area contributed by atoms with Crippen molar-refractivity contribution in [3.63, 3.8) is 0 Å². The van der Waals surface area contributed by atoms with Gasteiger partial charge >= 0.3 is 0 Å². The molecule has 0 unspecified atom stereocenters. The molecule has 16 heavy (non-hydrogen) atoms. The van der Waals surface area contributed by atoms with E-state index in [1.54, 1.807) is 10.9 Å². The molecular formula is C11H11BrN2OS. The SMILES string of the molecule is CC(C)n1ncc(Br)c1C(=O)c1cccs1. The fourth-order valence-corrected chi connectivity index (χ4v) is 2.59. The number of rotatable bonds is 3. The Hall–Kier alpha value is -0.940. The Balaban J connectivity index is 2.48. The predicted molar refractivity (Wildman–Crippen MR) is 68.1 cm³/mol. The lowest BCUT2D eigenvalue weighted by Crippen LogP contribution is -2.13. The van der Waals surface area contributed by atoms with Gasteiger partial charge in [-0.15, -0.1) is 11.3 Å². The molecule has 0 fully saturated rings. The third-order valence-electron chi connectivity index (χ3n) is 2.20. The van der Waals surface area contributed by atoms with E-state index in [0.29, 0.717) is 5.69 Å². The van der Waals surface area contributed by atoms with Gasteiger partial charge in [0.05, 0.1) is 15.5 Å². The predicted octanol–water partition coefficient (Wildman–Crippen LogP) is 3.52. The molecule has 84 valence electrons. The summed E-state index contributed by atoms with van der Waals surface area (Å²) in [5.41, 5.74) is 0.623. The molecule has 0 radical (unpaired) electrons. The van der Waals surface area contributed by atoms with Crippen LogP contribution in [0, 0.1) is 0 Å². The van der Waals surface area contributed by atoms with E-state index in [1.165, 1.54) is 11.3 Å². The number of hydrogen-bond donors (Lipinski definition) is 0. The van der Waals surface area contributed by atoms with Gasteiger partial charge < -0.3 is 0 Å². The van der Waals surface area contributed by atoms with Gasteiger partial charge in [0.15, 0.2) is 0 Å². The van der Waals surface area contributed by atoms with Crippen LogP contribution in [0.4, 0.5) is 0 Å². The topological polar surface area (TPSA) is 34.9 Å². The number of halogens is 1. The molecule has 0 atom stereocenters. The van der Waals surface area contributed by atoms with Gasteiger partial charge in [-0.05, 0) is 41.2 Å². The smallest absolute Gasteiger partial charge is 0.222 e. The molecule has 0 spiro atoms. The average Bonchev–Trinajstić information content (AvgIpc) is 2.84. The summed E-state index contributed by atoms with van der Waals surface area (Å²) < 4.78 is 2.49. The second kappa shape index (κ2) is 4.51. The zero-order valence-corrected chi connectivity index (χ0v) is 11.4. The van der Waals surface area contributed by atoms with E-state index in [4.69, 9.17) is 0 Å². The first kappa shape index (κ1) is 11.5. The van der Waals surface area contributed by atoms with E-state index in [2.05, 4.69) is 21.0 Å². The van der Waals surface area contributed by atoms with Crippen LogP contribution in [-0.4, -0.2) is 15.6 Å². The average molecular weight is 299 g/mol. The van der Waals surface area contributed by atoms with E-state index in [-0.39, 0.29) is 11.8 Å². The first-order valence-corrected chi connectivity index (χ1v) is 6.59. The van der Waals surface area contributed by atoms with Gasteiger partial charge in [-0.1, -0.05) is 6.07 Å². The molecule has 0 aliphatic rings. The molecule has 2 aromatic rings. The van der Waals surface area contributed by atoms with Crippen molar-refractivity contribution < 1.29 is 4.79 Å². The fraction of sp³-hybridized carbons (Fsp3) is 0.273. The summed E-state index contributed by atoms with van der Waals surface area (Å²) in [5.74, 6) is 0.0214. The highest BCUT2D eigenvalue weighted by molar-refractivity contribution is 9.10. The van der Waals surface area contributed by atoms with Crippen LogP contribution in [0.5, 0.6) is 0 Å². The monoisotopic (exact) mass is 298 g/mol. The van der Waals surface area contributed by atoms with Crippen molar-refractivity contribution in [1.29, 1.82) is 0 Å². The maximum atomic E-state index is 12.2. The molecular weight excluding hydrogens is 288 g/mol. The zero-order valence-electron chi connectivity index (χ0n) is 8.98. The van der Waals surface area contributed by atoms with Gasteiger partial charge in [-0.2, -0.15) is 5.10 Å². The minimum Gasteiger partial charge on any atom is -0.286 e. The molecule has 0 saturated carbocycles. The highest BCUT2D eigenvalue weighted by Gasteiger charge is 2.20. The van der Waals surface area contributed by atoms with Crippen molar-refractivity contribution >= 4 is 33.0 Å². The van der Waals surface area contributed by atoms with Crippen LogP contribution in [-0.2, 0) is 0 Å². The molecule has 2 rings (SSSR count). The van der Waals surface area contributed by atoms with Crippen LogP contribution in [0.1, 0.15) is 35.3 Å². The lowest BCUT2D eigenvalue weighted by atomic mass is 10.2. The molecule has 0 aliphatic heterocycles. The highest BCUT2D eigenvalue weighted by atomic mass is 79.9. The van der Waals surface area contributed by atoms with Crippen molar-refractivity contribution in [2.75, 3.05) is 0 Å². The number of carbonyl (C=O) groups excluding carboxylic acids is 1. The van der Waals surface area contributed by atoms with E-state index in [0.717, 1.165) is 9.35 Å². The summed E-state index contributed by atoms with van der Waals surface area (Å²) in [4.78, 5) is 13.0. The van der Waals surface area contributed by atoms with Gasteiger partial charge in [0, 0.05) is 6.04 Å².